The molecule has 9 N–H and O–H groups in total. The molecule has 4 aliphatic rings. The molecular formula is C54H85N7O18. The second kappa shape index (κ2) is 25.7. The number of benzene rings is 1. The zero-order chi connectivity index (χ0) is 59.2. The fraction of sp³-hybridized carbons (Fsp3) is 0.722. The first kappa shape index (κ1) is 64.0. The van der Waals surface area contributed by atoms with Crippen molar-refractivity contribution in [2.24, 2.45) is 5.92 Å². The van der Waals surface area contributed by atoms with Crippen LogP contribution in [0.1, 0.15) is 136 Å². The zero-order valence-electron chi connectivity index (χ0n) is 48.0. The summed E-state index contributed by atoms with van der Waals surface area (Å²) < 4.78 is 41.3. The lowest BCUT2D eigenvalue weighted by Gasteiger charge is -2.52. The second-order valence-corrected chi connectivity index (χ2v) is 24.6. The highest BCUT2D eigenvalue weighted by Crippen LogP contribution is 2.39. The summed E-state index contributed by atoms with van der Waals surface area (Å²) in [7, 11) is 1.31. The van der Waals surface area contributed by atoms with Gasteiger partial charge in [0.25, 0.3) is 11.8 Å². The third-order valence-electron chi connectivity index (χ3n) is 13.0. The van der Waals surface area contributed by atoms with Gasteiger partial charge in [-0.1, -0.05) is 12.1 Å². The summed E-state index contributed by atoms with van der Waals surface area (Å²) in [4.78, 5) is 95.5. The normalized spacial score (nSPS) is 27.8. The van der Waals surface area contributed by atoms with E-state index in [1.807, 2.05) is 0 Å². The number of ether oxygens (including phenoxy) is 7. The van der Waals surface area contributed by atoms with Gasteiger partial charge in [-0.2, -0.15) is 0 Å². The quantitative estimate of drug-likeness (QED) is 0.0615. The molecule has 1 saturated carbocycles. The number of aliphatic hydroxyl groups excluding tert-OH is 3. The smallest absolute Gasteiger partial charge is 0.410 e. The molecule has 0 spiro atoms. The minimum atomic E-state index is -1.89. The molecular weight excluding hydrogens is 1030 g/mol. The molecule has 1 unspecified atom stereocenters. The average Bonchev–Trinajstić information content (AvgIpc) is 3.67. The molecule has 5 rings (SSSR count). The summed E-state index contributed by atoms with van der Waals surface area (Å²) in [5.41, 5.74) is -4.99. The summed E-state index contributed by atoms with van der Waals surface area (Å²) in [5, 5.41) is 62.0. The molecule has 7 amide bonds. The Bertz CT molecular complexity index is 2340. The highest BCUT2D eigenvalue weighted by molar-refractivity contribution is 6.21. The van der Waals surface area contributed by atoms with Gasteiger partial charge in [-0.05, 0) is 140 Å². The highest BCUT2D eigenvalue weighted by Gasteiger charge is 2.57. The average molecular weight is 1120 g/mol. The van der Waals surface area contributed by atoms with Crippen LogP contribution in [0.5, 0.6) is 0 Å². The maximum Gasteiger partial charge on any atom is 0.410 e. The van der Waals surface area contributed by atoms with Crippen LogP contribution in [0.3, 0.4) is 0 Å². The second-order valence-electron chi connectivity index (χ2n) is 24.6. The van der Waals surface area contributed by atoms with Crippen LogP contribution in [0.25, 0.3) is 0 Å². The predicted molar refractivity (Wildman–Crippen MR) is 283 cm³/mol. The van der Waals surface area contributed by atoms with E-state index >= 15 is 0 Å². The van der Waals surface area contributed by atoms with Crippen molar-refractivity contribution >= 4 is 42.1 Å². The summed E-state index contributed by atoms with van der Waals surface area (Å²) in [6.45, 7) is 21.0. The van der Waals surface area contributed by atoms with Crippen LogP contribution in [0.4, 0.5) is 19.2 Å². The van der Waals surface area contributed by atoms with Gasteiger partial charge in [0.1, 0.15) is 58.2 Å². The molecule has 3 heterocycles. The number of rotatable bonds is 17. The van der Waals surface area contributed by atoms with E-state index in [4.69, 9.17) is 33.2 Å². The van der Waals surface area contributed by atoms with E-state index in [1.165, 1.54) is 18.9 Å². The SMILES string of the molecule is CN(C(=O)OC(C)(C)C)[C@@H]1[C@@H](O)[C@@H](O[C@H]2[C@H](NC(=O)[C@@H](O)CCNC(=O)OC(C)(C)C)C[C@H](NC(=O)OC(C)(C)C)C([C@H]3OC(CNCCCN4C(=O)c5ccccc5C4=O)=CC[C@H]3NC(=O)OC(C)(C)C)[C@@H]2O)OC[C@]1(C)O. The zero-order valence-corrected chi connectivity index (χ0v) is 48.0. The molecule has 12 atom stereocenters. The molecule has 25 heteroatoms. The van der Waals surface area contributed by atoms with Crippen LogP contribution in [0.15, 0.2) is 36.1 Å². The van der Waals surface area contributed by atoms with Gasteiger partial charge in [0.2, 0.25) is 5.91 Å². The molecule has 79 heavy (non-hydrogen) atoms. The lowest BCUT2D eigenvalue weighted by molar-refractivity contribution is -0.305. The van der Waals surface area contributed by atoms with Crippen molar-refractivity contribution in [2.45, 2.75) is 205 Å². The van der Waals surface area contributed by atoms with E-state index in [-0.39, 0.29) is 50.7 Å². The van der Waals surface area contributed by atoms with Gasteiger partial charge in [-0.3, -0.25) is 19.3 Å². The van der Waals surface area contributed by atoms with Crippen molar-refractivity contribution in [3.8, 4) is 0 Å². The number of aliphatic hydroxyl groups is 4. The first-order valence-corrected chi connectivity index (χ1v) is 26.7. The fourth-order valence-electron chi connectivity index (χ4n) is 9.74. The van der Waals surface area contributed by atoms with Crippen LogP contribution in [-0.4, -0.2) is 201 Å². The Labute approximate surface area is 462 Å². The number of nitrogens with zero attached hydrogens (tertiary/aromatic N) is 2. The molecule has 2 fully saturated rings. The molecule has 25 nitrogen and oxygen atoms in total. The largest absolute Gasteiger partial charge is 0.491 e. The molecule has 0 bridgehead atoms. The Balaban J connectivity index is 1.50. The standard InChI is InChI=1S/C54H85N7O18/c1-50(2,3)76-46(68)56-24-22-35(62)42(65)57-34-26-33(59-48(70)78-52(7,8)9)36(37(63)40(34)75-45-38(64)41(54(13,72)28-73-45)60(14)49(71)79-53(10,11)12)39-32(58-47(69)77-51(4,5)6)21-20-29(74-39)27-55-23-17-25-61-43(66)30-18-15-16-19-31(30)44(61)67/h15-16,18-20,32-41,45,55,62-64,72H,17,21-28H2,1-14H3,(H,56,68)(H,57,65)(H,58,69)(H,59,70)/t32-,33+,34-,35+,36?,37+,38-,39+,40+,41-,45-,54+/m1/s1. The maximum atomic E-state index is 14.0. The van der Waals surface area contributed by atoms with E-state index in [0.29, 0.717) is 29.9 Å². The molecule has 0 radical (unpaired) electrons. The van der Waals surface area contributed by atoms with Crippen LogP contribution in [-0.2, 0) is 38.0 Å². The van der Waals surface area contributed by atoms with E-state index in [9.17, 15) is 54.0 Å². The van der Waals surface area contributed by atoms with Crippen LogP contribution < -0.4 is 26.6 Å². The number of nitrogens with one attached hydrogen (secondary N) is 5. The Kier molecular flexibility index (Phi) is 20.9. The number of amides is 7. The number of alkyl carbamates (subject to hydrolysis) is 3. The molecule has 1 saturated heterocycles. The fourth-order valence-corrected chi connectivity index (χ4v) is 9.74. The van der Waals surface area contributed by atoms with Crippen molar-refractivity contribution in [1.29, 1.82) is 0 Å². The van der Waals surface area contributed by atoms with Crippen LogP contribution >= 0.6 is 0 Å². The topological polar surface area (TPSA) is 332 Å². The van der Waals surface area contributed by atoms with Crippen molar-refractivity contribution in [3.05, 3.63) is 47.2 Å². The van der Waals surface area contributed by atoms with Gasteiger partial charge in [-0.15, -0.1) is 0 Å². The van der Waals surface area contributed by atoms with Gasteiger partial charge in [-0.25, -0.2) is 19.2 Å². The van der Waals surface area contributed by atoms with Crippen LogP contribution in [0, 0.1) is 5.92 Å². The van der Waals surface area contributed by atoms with E-state index < -0.39 is 132 Å². The number of imide groups is 1. The van der Waals surface area contributed by atoms with Gasteiger partial charge >= 0.3 is 24.4 Å². The maximum absolute atomic E-state index is 14.0. The number of hydrogen-bond donors (Lipinski definition) is 9. The Morgan fingerprint density at radius 3 is 1.87 bits per heavy atom. The monoisotopic (exact) mass is 1120 g/mol. The number of fused-ring (bicyclic) bond motifs is 1. The van der Waals surface area contributed by atoms with Crippen molar-refractivity contribution in [1.82, 2.24) is 36.4 Å². The number of carbonyl (C=O) groups excluding carboxylic acids is 7. The van der Waals surface area contributed by atoms with E-state index in [1.54, 1.807) is 113 Å². The molecule has 1 aromatic rings. The van der Waals surface area contributed by atoms with Gasteiger partial charge in [0, 0.05) is 32.1 Å². The lowest BCUT2D eigenvalue weighted by Crippen LogP contribution is -2.71. The van der Waals surface area contributed by atoms with E-state index in [2.05, 4.69) is 26.6 Å². The predicted octanol–water partition coefficient (Wildman–Crippen LogP) is 2.95. The molecule has 3 aliphatic heterocycles. The minimum Gasteiger partial charge on any atom is -0.491 e. The molecule has 0 aromatic heterocycles. The third-order valence-corrected chi connectivity index (χ3v) is 13.0. The van der Waals surface area contributed by atoms with Gasteiger partial charge < -0.3 is 85.1 Å². The lowest BCUT2D eigenvalue weighted by atomic mass is 9.72. The van der Waals surface area contributed by atoms with Crippen molar-refractivity contribution < 1.29 is 87.1 Å². The Hall–Kier alpha value is -5.83. The van der Waals surface area contributed by atoms with Crippen molar-refractivity contribution in [3.63, 3.8) is 0 Å². The van der Waals surface area contributed by atoms with Crippen molar-refractivity contribution in [2.75, 3.05) is 39.8 Å². The van der Waals surface area contributed by atoms with E-state index in [0.717, 1.165) is 4.90 Å². The first-order chi connectivity index (χ1) is 36.4. The minimum absolute atomic E-state index is 0.0820. The molecule has 1 aliphatic carbocycles. The molecule has 444 valence electrons. The summed E-state index contributed by atoms with van der Waals surface area (Å²) >= 11 is 0. The first-order valence-electron chi connectivity index (χ1n) is 26.7. The van der Waals surface area contributed by atoms with Crippen LogP contribution in [0.2, 0.25) is 0 Å². The summed E-state index contributed by atoms with van der Waals surface area (Å²) in [6.07, 6.45) is -12.0. The Morgan fingerprint density at radius 2 is 1.32 bits per heavy atom. The summed E-state index contributed by atoms with van der Waals surface area (Å²) in [6, 6.07) is 1.60. The molecule has 1 aromatic carbocycles. The Morgan fingerprint density at radius 1 is 0.772 bits per heavy atom. The van der Waals surface area contributed by atoms with Gasteiger partial charge in [0.15, 0.2) is 6.29 Å². The van der Waals surface area contributed by atoms with Gasteiger partial charge in [0.05, 0.1) is 48.5 Å². The number of hydrogen-bond acceptors (Lipinski definition) is 19. The number of likely N-dealkylation sites (N-methyl/N-ethyl adjacent to an activating group) is 1. The summed E-state index contributed by atoms with van der Waals surface area (Å²) in [5.74, 6) is -2.71. The highest BCUT2D eigenvalue weighted by atomic mass is 16.7. The third kappa shape index (κ3) is 18.1. The number of carbonyl (C=O) groups is 7.